The topological polar surface area (TPSA) is 20.3 Å². The smallest absolute Gasteiger partial charge is 0.237 e. The van der Waals surface area contributed by atoms with E-state index in [4.69, 9.17) is 0 Å². The molecular weight excluding hydrogens is 297 g/mol. The lowest BCUT2D eigenvalue weighted by molar-refractivity contribution is -0.116. The fourth-order valence-electron chi connectivity index (χ4n) is 2.85. The molecule has 0 fully saturated rings. The fourth-order valence-corrected chi connectivity index (χ4v) is 3.70. The summed E-state index contributed by atoms with van der Waals surface area (Å²) < 4.78 is 12.9. The minimum atomic E-state index is -0.229. The quantitative estimate of drug-likeness (QED) is 0.849. The fraction of sp³-hybridized carbons (Fsp3) is 0.278. The van der Waals surface area contributed by atoms with E-state index in [0.29, 0.717) is 5.75 Å². The molecule has 0 aliphatic carbocycles. The maximum atomic E-state index is 12.9. The van der Waals surface area contributed by atoms with Crippen molar-refractivity contribution in [3.05, 3.63) is 65.5 Å². The molecule has 2 aromatic carbocycles. The van der Waals surface area contributed by atoms with E-state index in [9.17, 15) is 9.18 Å². The Labute approximate surface area is 134 Å². The SMILES string of the molecule is CC1Cc2ccccc2N1C(=O)CSCc1ccc(F)cc1. The summed E-state index contributed by atoms with van der Waals surface area (Å²) in [6.45, 7) is 2.09. The normalized spacial score (nSPS) is 16.6. The average molecular weight is 315 g/mol. The molecular formula is C18H18FNOS. The van der Waals surface area contributed by atoms with E-state index >= 15 is 0 Å². The van der Waals surface area contributed by atoms with Crippen LogP contribution < -0.4 is 4.90 Å². The molecule has 2 aromatic rings. The van der Waals surface area contributed by atoms with Crippen molar-refractivity contribution in [1.29, 1.82) is 0 Å². The first-order valence-corrected chi connectivity index (χ1v) is 8.53. The third-order valence-corrected chi connectivity index (χ3v) is 4.87. The number of para-hydroxylation sites is 1. The van der Waals surface area contributed by atoms with Gasteiger partial charge >= 0.3 is 0 Å². The first-order chi connectivity index (χ1) is 10.6. The van der Waals surface area contributed by atoms with Crippen molar-refractivity contribution in [3.63, 3.8) is 0 Å². The summed E-state index contributed by atoms with van der Waals surface area (Å²) in [5.74, 6) is 1.07. The van der Waals surface area contributed by atoms with Gasteiger partial charge in [-0.3, -0.25) is 4.79 Å². The standard InChI is InChI=1S/C18H18FNOS/c1-13-10-15-4-2-3-5-17(15)20(13)18(21)12-22-11-14-6-8-16(19)9-7-14/h2-9,13H,10-12H2,1H3. The summed E-state index contributed by atoms with van der Waals surface area (Å²) in [6.07, 6.45) is 0.921. The molecule has 22 heavy (non-hydrogen) atoms. The van der Waals surface area contributed by atoms with Crippen molar-refractivity contribution in [2.24, 2.45) is 0 Å². The number of hydrogen-bond donors (Lipinski definition) is 0. The van der Waals surface area contributed by atoms with Gasteiger partial charge in [0.2, 0.25) is 5.91 Å². The summed E-state index contributed by atoms with van der Waals surface area (Å²) in [5.41, 5.74) is 3.32. The van der Waals surface area contributed by atoms with Gasteiger partial charge in [-0.1, -0.05) is 30.3 Å². The number of rotatable bonds is 4. The molecule has 114 valence electrons. The van der Waals surface area contributed by atoms with E-state index in [0.717, 1.165) is 23.4 Å². The van der Waals surface area contributed by atoms with Crippen LogP contribution in [0.4, 0.5) is 10.1 Å². The zero-order valence-corrected chi connectivity index (χ0v) is 13.3. The van der Waals surface area contributed by atoms with Crippen molar-refractivity contribution < 1.29 is 9.18 Å². The Hall–Kier alpha value is -1.81. The predicted molar refractivity (Wildman–Crippen MR) is 89.7 cm³/mol. The van der Waals surface area contributed by atoms with Crippen molar-refractivity contribution >= 4 is 23.4 Å². The minimum Gasteiger partial charge on any atom is -0.308 e. The number of nitrogens with zero attached hydrogens (tertiary/aromatic N) is 1. The Morgan fingerprint density at radius 2 is 1.95 bits per heavy atom. The van der Waals surface area contributed by atoms with Crippen LogP contribution in [0.25, 0.3) is 0 Å². The Bertz CT molecular complexity index is 671. The number of anilines is 1. The molecule has 0 radical (unpaired) electrons. The molecule has 1 atom stereocenters. The highest BCUT2D eigenvalue weighted by Gasteiger charge is 2.29. The highest BCUT2D eigenvalue weighted by molar-refractivity contribution is 7.99. The lowest BCUT2D eigenvalue weighted by Crippen LogP contribution is -2.37. The van der Waals surface area contributed by atoms with Crippen LogP contribution in [0.2, 0.25) is 0 Å². The number of thioether (sulfide) groups is 1. The lowest BCUT2D eigenvalue weighted by Gasteiger charge is -2.22. The van der Waals surface area contributed by atoms with E-state index in [2.05, 4.69) is 13.0 Å². The molecule has 0 saturated heterocycles. The number of benzene rings is 2. The van der Waals surface area contributed by atoms with Gasteiger partial charge in [-0.2, -0.15) is 0 Å². The molecule has 1 aliphatic rings. The Morgan fingerprint density at radius 3 is 2.73 bits per heavy atom. The van der Waals surface area contributed by atoms with Gasteiger partial charge in [0.05, 0.1) is 5.75 Å². The molecule has 0 bridgehead atoms. The van der Waals surface area contributed by atoms with Gasteiger partial charge in [0.1, 0.15) is 5.82 Å². The van der Waals surface area contributed by atoms with Gasteiger partial charge in [0, 0.05) is 17.5 Å². The summed E-state index contributed by atoms with van der Waals surface area (Å²) >= 11 is 1.57. The first kappa shape index (κ1) is 15.1. The predicted octanol–water partition coefficient (Wildman–Crippen LogP) is 4.04. The van der Waals surface area contributed by atoms with Crippen LogP contribution in [0.15, 0.2) is 48.5 Å². The summed E-state index contributed by atoms with van der Waals surface area (Å²) in [6, 6.07) is 14.8. The van der Waals surface area contributed by atoms with E-state index in [1.807, 2.05) is 23.1 Å². The minimum absolute atomic E-state index is 0.143. The molecule has 3 rings (SSSR count). The summed E-state index contributed by atoms with van der Waals surface area (Å²) in [5, 5.41) is 0. The third-order valence-electron chi connectivity index (χ3n) is 3.88. The number of hydrogen-bond acceptors (Lipinski definition) is 2. The average Bonchev–Trinajstić information content (AvgIpc) is 2.85. The van der Waals surface area contributed by atoms with E-state index in [-0.39, 0.29) is 17.8 Å². The van der Waals surface area contributed by atoms with Crippen LogP contribution in [-0.4, -0.2) is 17.7 Å². The number of carbonyl (C=O) groups is 1. The molecule has 0 saturated carbocycles. The van der Waals surface area contributed by atoms with Gasteiger partial charge in [-0.25, -0.2) is 4.39 Å². The molecule has 0 aromatic heterocycles. The van der Waals surface area contributed by atoms with Gasteiger partial charge in [-0.15, -0.1) is 11.8 Å². The van der Waals surface area contributed by atoms with Crippen molar-refractivity contribution in [3.8, 4) is 0 Å². The number of amides is 1. The third kappa shape index (κ3) is 3.17. The van der Waals surface area contributed by atoms with Gasteiger partial charge < -0.3 is 4.90 Å². The van der Waals surface area contributed by atoms with Crippen LogP contribution in [0.5, 0.6) is 0 Å². The molecule has 4 heteroatoms. The van der Waals surface area contributed by atoms with Crippen molar-refractivity contribution in [2.45, 2.75) is 25.1 Å². The van der Waals surface area contributed by atoms with E-state index in [1.165, 1.54) is 17.7 Å². The van der Waals surface area contributed by atoms with Gasteiger partial charge in [0.25, 0.3) is 0 Å². The zero-order chi connectivity index (χ0) is 15.5. The zero-order valence-electron chi connectivity index (χ0n) is 12.5. The Morgan fingerprint density at radius 1 is 1.23 bits per heavy atom. The first-order valence-electron chi connectivity index (χ1n) is 7.37. The van der Waals surface area contributed by atoms with Crippen LogP contribution in [-0.2, 0) is 17.0 Å². The van der Waals surface area contributed by atoms with Crippen molar-refractivity contribution in [1.82, 2.24) is 0 Å². The lowest BCUT2D eigenvalue weighted by atomic mass is 10.1. The van der Waals surface area contributed by atoms with Crippen LogP contribution in [0.3, 0.4) is 0 Å². The second kappa shape index (κ2) is 6.53. The second-order valence-corrected chi connectivity index (χ2v) is 6.55. The van der Waals surface area contributed by atoms with Gasteiger partial charge in [-0.05, 0) is 42.7 Å². The second-order valence-electron chi connectivity index (χ2n) is 5.56. The molecule has 1 aliphatic heterocycles. The number of fused-ring (bicyclic) bond motifs is 1. The maximum Gasteiger partial charge on any atom is 0.237 e. The molecule has 2 nitrogen and oxygen atoms in total. The maximum absolute atomic E-state index is 12.9. The molecule has 0 N–H and O–H groups in total. The molecule has 1 amide bonds. The monoisotopic (exact) mass is 315 g/mol. The van der Waals surface area contributed by atoms with Crippen LogP contribution >= 0.6 is 11.8 Å². The largest absolute Gasteiger partial charge is 0.308 e. The van der Waals surface area contributed by atoms with Crippen LogP contribution in [0.1, 0.15) is 18.1 Å². The van der Waals surface area contributed by atoms with E-state index in [1.54, 1.807) is 23.9 Å². The van der Waals surface area contributed by atoms with Crippen LogP contribution in [0, 0.1) is 5.82 Å². The molecule has 0 spiro atoms. The Kier molecular flexibility index (Phi) is 4.48. The number of halogens is 1. The molecule has 1 heterocycles. The van der Waals surface area contributed by atoms with Crippen molar-refractivity contribution in [2.75, 3.05) is 10.7 Å². The van der Waals surface area contributed by atoms with E-state index < -0.39 is 0 Å². The summed E-state index contributed by atoms with van der Waals surface area (Å²) in [4.78, 5) is 14.4. The summed E-state index contributed by atoms with van der Waals surface area (Å²) in [7, 11) is 0. The highest BCUT2D eigenvalue weighted by Crippen LogP contribution is 2.32. The highest BCUT2D eigenvalue weighted by atomic mass is 32.2. The Balaban J connectivity index is 1.59. The molecule has 1 unspecified atom stereocenters. The number of carbonyl (C=O) groups excluding carboxylic acids is 1. The van der Waals surface area contributed by atoms with Gasteiger partial charge in [0.15, 0.2) is 0 Å².